The number of nitrogens with zero attached hydrogens (tertiary/aromatic N) is 1. The molecule has 1 aliphatic heterocycles. The van der Waals surface area contributed by atoms with Gasteiger partial charge in [-0.1, -0.05) is 72.8 Å². The molecular weight excluding hydrogens is 482 g/mol. The minimum absolute atomic E-state index is 0.369. The summed E-state index contributed by atoms with van der Waals surface area (Å²) in [6.07, 6.45) is 3.60. The number of aryl methyl sites for hydroxylation is 2. The van der Waals surface area contributed by atoms with Gasteiger partial charge >= 0.3 is 0 Å². The number of hydrogen-bond donors (Lipinski definition) is 2. The van der Waals surface area contributed by atoms with E-state index >= 15 is 0 Å². The van der Waals surface area contributed by atoms with Gasteiger partial charge in [0.1, 0.15) is 17.3 Å². The van der Waals surface area contributed by atoms with Gasteiger partial charge < -0.3 is 19.4 Å². The molecule has 4 aromatic rings. The number of furan rings is 1. The Morgan fingerprint density at radius 2 is 1.68 bits per heavy atom. The van der Waals surface area contributed by atoms with Crippen molar-refractivity contribution in [2.75, 3.05) is 7.11 Å². The first-order chi connectivity index (χ1) is 18.0. The normalized spacial score (nSPS) is 16.3. The van der Waals surface area contributed by atoms with E-state index in [1.54, 1.807) is 7.11 Å². The van der Waals surface area contributed by atoms with Crippen molar-refractivity contribution in [1.29, 1.82) is 0 Å². The van der Waals surface area contributed by atoms with Gasteiger partial charge in [0.05, 0.1) is 23.5 Å². The Kier molecular flexibility index (Phi) is 7.35. The average Bonchev–Trinajstić information content (AvgIpc) is 3.49. The molecule has 0 saturated carbocycles. The zero-order valence-electron chi connectivity index (χ0n) is 20.8. The van der Waals surface area contributed by atoms with Crippen molar-refractivity contribution in [1.82, 2.24) is 10.2 Å². The fourth-order valence-electron chi connectivity index (χ4n) is 4.45. The molecule has 0 aliphatic carbocycles. The van der Waals surface area contributed by atoms with Crippen LogP contribution in [0.25, 0.3) is 17.4 Å². The predicted octanol–water partition coefficient (Wildman–Crippen LogP) is 6.60. The van der Waals surface area contributed by atoms with Crippen molar-refractivity contribution in [3.05, 3.63) is 130 Å². The molecule has 6 heteroatoms. The van der Waals surface area contributed by atoms with Crippen molar-refractivity contribution < 1.29 is 9.15 Å². The summed E-state index contributed by atoms with van der Waals surface area (Å²) in [5.41, 5.74) is 12.8. The molecule has 5 nitrogen and oxygen atoms in total. The number of nitrogens with two attached hydrogens (primary N) is 1. The Labute approximate surface area is 222 Å². The van der Waals surface area contributed by atoms with E-state index in [1.165, 1.54) is 16.7 Å². The average molecular weight is 512 g/mol. The lowest BCUT2D eigenvalue weighted by Gasteiger charge is -2.23. The molecule has 2 heterocycles. The molecule has 0 bridgehead atoms. The monoisotopic (exact) mass is 511 g/mol. The molecule has 1 unspecified atom stereocenters. The van der Waals surface area contributed by atoms with Crippen molar-refractivity contribution in [2.24, 2.45) is 5.73 Å². The first-order valence-corrected chi connectivity index (χ1v) is 12.6. The van der Waals surface area contributed by atoms with Gasteiger partial charge in [-0.3, -0.25) is 5.73 Å². The first kappa shape index (κ1) is 24.8. The molecule has 188 valence electrons. The van der Waals surface area contributed by atoms with Crippen molar-refractivity contribution >= 4 is 17.7 Å². The van der Waals surface area contributed by atoms with E-state index in [2.05, 4.69) is 71.4 Å². The molecule has 1 saturated heterocycles. The Morgan fingerprint density at radius 1 is 0.973 bits per heavy atom. The third kappa shape index (κ3) is 5.74. The molecule has 0 spiro atoms. The van der Waals surface area contributed by atoms with E-state index in [-0.39, 0.29) is 6.29 Å². The zero-order valence-corrected chi connectivity index (χ0v) is 21.5. The highest BCUT2D eigenvalue weighted by Gasteiger charge is 2.27. The second-order valence-corrected chi connectivity index (χ2v) is 9.48. The summed E-state index contributed by atoms with van der Waals surface area (Å²) in [6, 6.07) is 28.7. The first-order valence-electron chi connectivity index (χ1n) is 12.3. The lowest BCUT2D eigenvalue weighted by Crippen LogP contribution is -2.42. The van der Waals surface area contributed by atoms with Gasteiger partial charge in [0, 0.05) is 18.2 Å². The fourth-order valence-corrected chi connectivity index (χ4v) is 4.71. The van der Waals surface area contributed by atoms with Crippen LogP contribution in [0.1, 0.15) is 22.5 Å². The van der Waals surface area contributed by atoms with Gasteiger partial charge in [-0.2, -0.15) is 0 Å². The molecule has 5 rings (SSSR count). The van der Waals surface area contributed by atoms with Crippen molar-refractivity contribution in [3.63, 3.8) is 0 Å². The highest BCUT2D eigenvalue weighted by molar-refractivity contribution is 6.32. The molecule has 0 radical (unpaired) electrons. The highest BCUT2D eigenvalue weighted by atomic mass is 35.5. The fraction of sp³-hybridized carbons (Fsp3) is 0.161. The topological polar surface area (TPSA) is 63.7 Å². The van der Waals surface area contributed by atoms with E-state index in [9.17, 15) is 0 Å². The van der Waals surface area contributed by atoms with Crippen LogP contribution in [0.2, 0.25) is 5.02 Å². The minimum atomic E-state index is -0.369. The third-order valence-corrected chi connectivity index (χ3v) is 6.86. The summed E-state index contributed by atoms with van der Waals surface area (Å²) in [4.78, 5) is 2.05. The van der Waals surface area contributed by atoms with E-state index in [4.69, 9.17) is 26.5 Å². The van der Waals surface area contributed by atoms with E-state index in [0.717, 1.165) is 29.8 Å². The van der Waals surface area contributed by atoms with Crippen LogP contribution < -0.4 is 15.8 Å². The maximum atomic E-state index is 6.40. The molecule has 3 N–H and O–H groups in total. The quantitative estimate of drug-likeness (QED) is 0.279. The number of ether oxygens (including phenoxy) is 1. The maximum absolute atomic E-state index is 6.40. The zero-order chi connectivity index (χ0) is 25.8. The minimum Gasteiger partial charge on any atom is -0.495 e. The van der Waals surface area contributed by atoms with Gasteiger partial charge in [-0.15, -0.1) is 0 Å². The summed E-state index contributed by atoms with van der Waals surface area (Å²) in [7, 11) is 1.59. The second kappa shape index (κ2) is 11.0. The summed E-state index contributed by atoms with van der Waals surface area (Å²) >= 11 is 6.27. The number of nitrogens with one attached hydrogen (secondary N) is 1. The van der Waals surface area contributed by atoms with Crippen molar-refractivity contribution in [2.45, 2.75) is 25.7 Å². The summed E-state index contributed by atoms with van der Waals surface area (Å²) in [5.74, 6) is 2.04. The van der Waals surface area contributed by atoms with E-state index in [1.807, 2.05) is 36.4 Å². The number of methoxy groups -OCH3 is 1. The molecule has 1 fully saturated rings. The third-order valence-electron chi connectivity index (χ3n) is 6.57. The highest BCUT2D eigenvalue weighted by Crippen LogP contribution is 2.32. The van der Waals surface area contributed by atoms with Crippen LogP contribution in [0.3, 0.4) is 0 Å². The lowest BCUT2D eigenvalue weighted by molar-refractivity contribution is 0.275. The molecule has 3 aromatic carbocycles. The lowest BCUT2D eigenvalue weighted by atomic mass is 10.0. The van der Waals surface area contributed by atoms with Gasteiger partial charge in [0.2, 0.25) is 0 Å². The summed E-state index contributed by atoms with van der Waals surface area (Å²) in [5, 5.41) is 3.85. The number of hydrogen-bond acceptors (Lipinski definition) is 5. The van der Waals surface area contributed by atoms with Gasteiger partial charge in [-0.25, -0.2) is 0 Å². The second-order valence-electron chi connectivity index (χ2n) is 9.08. The van der Waals surface area contributed by atoms with Crippen molar-refractivity contribution in [3.8, 4) is 17.1 Å². The molecule has 37 heavy (non-hydrogen) atoms. The molecule has 1 aliphatic rings. The molecule has 1 atom stereocenters. The van der Waals surface area contributed by atoms with Crippen LogP contribution in [0.15, 0.2) is 107 Å². The Hall–Kier alpha value is -3.93. The number of rotatable bonds is 8. The standard InChI is InChI=1S/C31H30ClN3O2/c1-21-28(19-26-15-17-29(37-26)25-14-16-30(36-2)27(32)18-25)34-31(33)35(21)20-24-12-10-23(11-13-24)9-8-22-6-4-3-5-7-22/h3-7,10-19,31,34H,1,8-9,20,33H2,2H3/b28-19+. The van der Waals surface area contributed by atoms with Gasteiger partial charge in [0.15, 0.2) is 6.29 Å². The largest absolute Gasteiger partial charge is 0.495 e. The van der Waals surface area contributed by atoms with Crippen LogP contribution in [0, 0.1) is 0 Å². The van der Waals surface area contributed by atoms with E-state index in [0.29, 0.717) is 28.8 Å². The number of benzene rings is 3. The Balaban J connectivity index is 1.23. The maximum Gasteiger partial charge on any atom is 0.153 e. The predicted molar refractivity (Wildman–Crippen MR) is 150 cm³/mol. The smallest absolute Gasteiger partial charge is 0.153 e. The summed E-state index contributed by atoms with van der Waals surface area (Å²) < 4.78 is 11.3. The number of halogens is 1. The van der Waals surface area contributed by atoms with Crippen LogP contribution >= 0.6 is 11.6 Å². The van der Waals surface area contributed by atoms with E-state index < -0.39 is 0 Å². The van der Waals surface area contributed by atoms with Gasteiger partial charge in [-0.05, 0) is 59.9 Å². The SMILES string of the molecule is C=C1/C(=C\c2ccc(-c3ccc(OC)c(Cl)c3)o2)NC(N)N1Cc1ccc(CCc2ccccc2)cc1. The molecule has 0 amide bonds. The van der Waals surface area contributed by atoms with Crippen LogP contribution in [-0.2, 0) is 19.4 Å². The summed E-state index contributed by atoms with van der Waals surface area (Å²) in [6.45, 7) is 4.94. The Morgan fingerprint density at radius 3 is 2.38 bits per heavy atom. The van der Waals surface area contributed by atoms with Crippen LogP contribution in [-0.4, -0.2) is 18.3 Å². The van der Waals surface area contributed by atoms with Crippen LogP contribution in [0.4, 0.5) is 0 Å². The Bertz CT molecular complexity index is 1410. The van der Waals surface area contributed by atoms with Crippen LogP contribution in [0.5, 0.6) is 5.75 Å². The van der Waals surface area contributed by atoms with Gasteiger partial charge in [0.25, 0.3) is 0 Å². The molecule has 1 aromatic heterocycles. The molecular formula is C31H30ClN3O2.